The van der Waals surface area contributed by atoms with Crippen molar-refractivity contribution in [1.82, 2.24) is 9.88 Å². The lowest BCUT2D eigenvalue weighted by atomic mass is 10.2. The number of thiazole rings is 1. The highest BCUT2D eigenvalue weighted by Crippen LogP contribution is 2.32. The highest BCUT2D eigenvalue weighted by Gasteiger charge is 2.23. The monoisotopic (exact) mass is 419 g/mol. The van der Waals surface area contributed by atoms with E-state index in [-0.39, 0.29) is 11.4 Å². The smallest absolute Gasteiger partial charge is 0.260 e. The molecule has 154 valence electrons. The van der Waals surface area contributed by atoms with Gasteiger partial charge in [0.05, 0.1) is 11.8 Å². The lowest BCUT2D eigenvalue weighted by molar-refractivity contribution is 0.0983. The molecule has 0 saturated carbocycles. The number of benzene rings is 2. The zero-order valence-corrected chi connectivity index (χ0v) is 17.4. The molecule has 0 atom stereocenters. The van der Waals surface area contributed by atoms with E-state index in [2.05, 4.69) is 23.7 Å². The molecule has 3 rings (SSSR count). The molecule has 29 heavy (non-hydrogen) atoms. The minimum absolute atomic E-state index is 0.0711. The molecular weight excluding hydrogens is 396 g/mol. The van der Waals surface area contributed by atoms with E-state index >= 15 is 0 Å². The Morgan fingerprint density at radius 2 is 1.79 bits per heavy atom. The van der Waals surface area contributed by atoms with Gasteiger partial charge in [-0.3, -0.25) is 9.69 Å². The molecule has 0 saturated heterocycles. The van der Waals surface area contributed by atoms with Crippen LogP contribution in [-0.2, 0) is 0 Å². The van der Waals surface area contributed by atoms with Gasteiger partial charge in [0.25, 0.3) is 5.91 Å². The molecule has 3 aromatic rings. The standard InChI is InChI=1S/C21H23F2N3O2S/c1-4-25(5-2)10-11-26(20(27)14-6-8-16(28-3)9-7-14)21-24-19-17(23)12-15(22)13-18(19)29-21/h6-9,12-13H,4-5,10-11H2,1-3H3. The van der Waals surface area contributed by atoms with Crippen molar-refractivity contribution >= 4 is 32.6 Å². The summed E-state index contributed by atoms with van der Waals surface area (Å²) in [6.45, 7) is 6.82. The summed E-state index contributed by atoms with van der Waals surface area (Å²) in [7, 11) is 1.56. The number of likely N-dealkylation sites (N-methyl/N-ethyl adjacent to an activating group) is 1. The summed E-state index contributed by atoms with van der Waals surface area (Å²) < 4.78 is 33.2. The molecule has 1 aromatic heterocycles. The van der Waals surface area contributed by atoms with Gasteiger partial charge in [-0.25, -0.2) is 13.8 Å². The zero-order valence-electron chi connectivity index (χ0n) is 16.6. The Bertz CT molecular complexity index is 988. The second kappa shape index (κ2) is 9.28. The summed E-state index contributed by atoms with van der Waals surface area (Å²) in [5, 5.41) is 0.345. The Morgan fingerprint density at radius 3 is 2.41 bits per heavy atom. The summed E-state index contributed by atoms with van der Waals surface area (Å²) in [6, 6.07) is 8.82. The molecule has 0 unspecified atom stereocenters. The van der Waals surface area contributed by atoms with E-state index in [1.54, 1.807) is 31.4 Å². The topological polar surface area (TPSA) is 45.7 Å². The highest BCUT2D eigenvalue weighted by atomic mass is 32.1. The Labute approximate surface area is 172 Å². The number of amides is 1. The molecule has 0 aliphatic rings. The predicted molar refractivity (Wildman–Crippen MR) is 112 cm³/mol. The average Bonchev–Trinajstić information content (AvgIpc) is 3.15. The first-order chi connectivity index (χ1) is 14.0. The van der Waals surface area contributed by atoms with E-state index in [0.717, 1.165) is 30.5 Å². The van der Waals surface area contributed by atoms with Gasteiger partial charge in [-0.1, -0.05) is 25.2 Å². The van der Waals surface area contributed by atoms with Crippen LogP contribution >= 0.6 is 11.3 Å². The molecule has 1 heterocycles. The van der Waals surface area contributed by atoms with Crippen LogP contribution in [0.2, 0.25) is 0 Å². The number of methoxy groups -OCH3 is 1. The minimum Gasteiger partial charge on any atom is -0.497 e. The second-order valence-electron chi connectivity index (χ2n) is 6.44. The van der Waals surface area contributed by atoms with Crippen molar-refractivity contribution in [2.75, 3.05) is 38.2 Å². The lowest BCUT2D eigenvalue weighted by Crippen LogP contribution is -2.38. The molecule has 0 aliphatic carbocycles. The molecule has 0 radical (unpaired) electrons. The van der Waals surface area contributed by atoms with Crippen molar-refractivity contribution in [2.45, 2.75) is 13.8 Å². The normalized spacial score (nSPS) is 11.2. The molecule has 1 amide bonds. The fourth-order valence-electron chi connectivity index (χ4n) is 3.02. The largest absolute Gasteiger partial charge is 0.497 e. The maximum absolute atomic E-state index is 14.1. The molecule has 0 N–H and O–H groups in total. The van der Waals surface area contributed by atoms with E-state index in [1.807, 2.05) is 0 Å². The molecule has 0 bridgehead atoms. The third kappa shape index (κ3) is 4.71. The predicted octanol–water partition coefficient (Wildman–Crippen LogP) is 4.57. The van der Waals surface area contributed by atoms with E-state index in [1.165, 1.54) is 11.0 Å². The first-order valence-corrected chi connectivity index (χ1v) is 10.2. The first-order valence-electron chi connectivity index (χ1n) is 9.40. The zero-order chi connectivity index (χ0) is 21.0. The molecule has 0 fully saturated rings. The van der Waals surface area contributed by atoms with Crippen molar-refractivity contribution in [2.24, 2.45) is 0 Å². The summed E-state index contributed by atoms with van der Waals surface area (Å²) >= 11 is 1.10. The summed E-state index contributed by atoms with van der Waals surface area (Å²) in [5.41, 5.74) is 0.540. The molecule has 2 aromatic carbocycles. The highest BCUT2D eigenvalue weighted by molar-refractivity contribution is 7.22. The third-order valence-corrected chi connectivity index (χ3v) is 5.77. The Morgan fingerprint density at radius 1 is 1.10 bits per heavy atom. The summed E-state index contributed by atoms with van der Waals surface area (Å²) in [5.74, 6) is -1.00. The Kier molecular flexibility index (Phi) is 6.76. The van der Waals surface area contributed by atoms with E-state index in [4.69, 9.17) is 4.74 Å². The van der Waals surface area contributed by atoms with Crippen molar-refractivity contribution in [3.63, 3.8) is 0 Å². The molecular formula is C21H23F2N3O2S. The van der Waals surface area contributed by atoms with E-state index in [9.17, 15) is 13.6 Å². The van der Waals surface area contributed by atoms with Crippen LogP contribution in [0.1, 0.15) is 24.2 Å². The lowest BCUT2D eigenvalue weighted by Gasteiger charge is -2.24. The molecule has 0 spiro atoms. The van der Waals surface area contributed by atoms with Gasteiger partial charge in [-0.2, -0.15) is 0 Å². The number of fused-ring (bicyclic) bond motifs is 1. The van der Waals surface area contributed by atoms with Crippen molar-refractivity contribution in [1.29, 1.82) is 0 Å². The van der Waals surface area contributed by atoms with Gasteiger partial charge < -0.3 is 9.64 Å². The number of aromatic nitrogens is 1. The maximum atomic E-state index is 14.1. The van der Waals surface area contributed by atoms with Gasteiger partial charge in [0.1, 0.15) is 17.1 Å². The number of anilines is 1. The van der Waals surface area contributed by atoms with Crippen molar-refractivity contribution in [3.05, 3.63) is 53.6 Å². The van der Waals surface area contributed by atoms with Gasteiger partial charge in [0.2, 0.25) is 0 Å². The van der Waals surface area contributed by atoms with Gasteiger partial charge in [-0.15, -0.1) is 0 Å². The Balaban J connectivity index is 1.97. The van der Waals surface area contributed by atoms with Crippen LogP contribution in [0.5, 0.6) is 5.75 Å². The maximum Gasteiger partial charge on any atom is 0.260 e. The molecule has 0 aliphatic heterocycles. The van der Waals surface area contributed by atoms with Crippen LogP contribution in [0.4, 0.5) is 13.9 Å². The summed E-state index contributed by atoms with van der Waals surface area (Å²) in [6.07, 6.45) is 0. The Hall–Kier alpha value is -2.58. The van der Waals surface area contributed by atoms with E-state index in [0.29, 0.717) is 34.2 Å². The second-order valence-corrected chi connectivity index (χ2v) is 7.45. The fraction of sp³-hybridized carbons (Fsp3) is 0.333. The van der Waals surface area contributed by atoms with Crippen LogP contribution < -0.4 is 9.64 Å². The minimum atomic E-state index is -0.733. The third-order valence-electron chi connectivity index (χ3n) is 4.75. The van der Waals surface area contributed by atoms with Crippen LogP contribution in [0, 0.1) is 11.6 Å². The van der Waals surface area contributed by atoms with Gasteiger partial charge in [0, 0.05) is 24.7 Å². The fourth-order valence-corrected chi connectivity index (χ4v) is 4.05. The van der Waals surface area contributed by atoms with Crippen LogP contribution in [-0.4, -0.2) is 49.1 Å². The van der Waals surface area contributed by atoms with E-state index < -0.39 is 11.6 Å². The summed E-state index contributed by atoms with van der Waals surface area (Å²) in [4.78, 5) is 21.2. The number of hydrogen-bond acceptors (Lipinski definition) is 5. The van der Waals surface area contributed by atoms with Crippen LogP contribution in [0.25, 0.3) is 10.2 Å². The van der Waals surface area contributed by atoms with Crippen LogP contribution in [0.3, 0.4) is 0 Å². The average molecular weight is 419 g/mol. The number of ether oxygens (including phenoxy) is 1. The van der Waals surface area contributed by atoms with Crippen LogP contribution in [0.15, 0.2) is 36.4 Å². The number of carbonyl (C=O) groups excluding carboxylic acids is 1. The van der Waals surface area contributed by atoms with Gasteiger partial charge in [0.15, 0.2) is 10.9 Å². The van der Waals surface area contributed by atoms with Crippen molar-refractivity contribution in [3.8, 4) is 5.75 Å². The number of hydrogen-bond donors (Lipinski definition) is 0. The van der Waals surface area contributed by atoms with Gasteiger partial charge in [-0.05, 0) is 43.4 Å². The molecule has 8 heteroatoms. The number of halogens is 2. The number of nitrogens with zero attached hydrogens (tertiary/aromatic N) is 3. The van der Waals surface area contributed by atoms with Gasteiger partial charge >= 0.3 is 0 Å². The SMILES string of the molecule is CCN(CC)CCN(C(=O)c1ccc(OC)cc1)c1nc2c(F)cc(F)cc2s1. The first kappa shape index (κ1) is 21.1. The number of carbonyl (C=O) groups is 1. The molecule has 5 nitrogen and oxygen atoms in total. The number of rotatable bonds is 8. The van der Waals surface area contributed by atoms with Crippen molar-refractivity contribution < 1.29 is 18.3 Å². The quantitative estimate of drug-likeness (QED) is 0.537.